The standard InChI is InChI=1S/C26H22Cl2N6O3/c1-14-30-31-26-33(14)20-7-5-4-6-17(20)23(15-8-10-16(27)11-9-15)32-34(26)24(25(29)35)18-12-22(37-3)19(28)13-21(18)36-2/h4-13,24H,1-3H3,(H2,29,35). The highest BCUT2D eigenvalue weighted by Crippen LogP contribution is 2.41. The van der Waals surface area contributed by atoms with E-state index in [1.807, 2.05) is 47.9 Å². The third kappa shape index (κ3) is 4.26. The Morgan fingerprint density at radius 3 is 2.35 bits per heavy atom. The number of hydrazone groups is 1. The first kappa shape index (κ1) is 24.6. The predicted octanol–water partition coefficient (Wildman–Crippen LogP) is 4.70. The van der Waals surface area contributed by atoms with E-state index in [1.54, 1.807) is 24.3 Å². The molecule has 1 aliphatic rings. The van der Waals surface area contributed by atoms with Crippen molar-refractivity contribution in [3.05, 3.63) is 93.2 Å². The van der Waals surface area contributed by atoms with Gasteiger partial charge in [-0.25, -0.2) is 5.01 Å². The van der Waals surface area contributed by atoms with Gasteiger partial charge in [-0.2, -0.15) is 5.10 Å². The number of benzene rings is 3. The van der Waals surface area contributed by atoms with Gasteiger partial charge in [0.1, 0.15) is 23.0 Å². The second-order valence-electron chi connectivity index (χ2n) is 8.23. The number of carbonyl (C=O) groups excluding carboxylic acids is 1. The van der Waals surface area contributed by atoms with Gasteiger partial charge >= 0.3 is 0 Å². The summed E-state index contributed by atoms with van der Waals surface area (Å²) >= 11 is 12.5. The van der Waals surface area contributed by atoms with Crippen LogP contribution < -0.4 is 20.2 Å². The van der Waals surface area contributed by atoms with Gasteiger partial charge in [0.15, 0.2) is 6.04 Å². The second kappa shape index (κ2) is 9.76. The SMILES string of the molecule is COc1cc(C(C(N)=O)N2N=C(c3ccc(Cl)cc3)c3ccccc3-n3c(C)nnc32)c(OC)cc1Cl. The molecule has 0 radical (unpaired) electrons. The average molecular weight is 537 g/mol. The Morgan fingerprint density at radius 1 is 0.973 bits per heavy atom. The summed E-state index contributed by atoms with van der Waals surface area (Å²) in [6.07, 6.45) is 0. The van der Waals surface area contributed by atoms with E-state index in [0.717, 1.165) is 16.8 Å². The molecule has 11 heteroatoms. The number of aryl methyl sites for hydroxylation is 1. The van der Waals surface area contributed by atoms with Gasteiger partial charge in [0.25, 0.3) is 5.95 Å². The van der Waals surface area contributed by atoms with Crippen LogP contribution in [0.5, 0.6) is 11.5 Å². The zero-order valence-electron chi connectivity index (χ0n) is 20.1. The van der Waals surface area contributed by atoms with Gasteiger partial charge in [0.2, 0.25) is 5.91 Å². The molecule has 9 nitrogen and oxygen atoms in total. The van der Waals surface area contributed by atoms with Crippen molar-refractivity contribution in [1.82, 2.24) is 14.8 Å². The fourth-order valence-corrected chi connectivity index (χ4v) is 4.71. The lowest BCUT2D eigenvalue weighted by molar-refractivity contribution is -0.119. The van der Waals surface area contributed by atoms with Crippen LogP contribution in [0.4, 0.5) is 5.95 Å². The van der Waals surface area contributed by atoms with E-state index in [0.29, 0.717) is 44.6 Å². The fourth-order valence-electron chi connectivity index (χ4n) is 4.35. The van der Waals surface area contributed by atoms with Crippen molar-refractivity contribution in [1.29, 1.82) is 0 Å². The molecular weight excluding hydrogens is 515 g/mol. The summed E-state index contributed by atoms with van der Waals surface area (Å²) in [5.41, 5.74) is 9.38. The van der Waals surface area contributed by atoms with E-state index in [1.165, 1.54) is 19.2 Å². The van der Waals surface area contributed by atoms with E-state index in [4.69, 9.17) is 43.5 Å². The smallest absolute Gasteiger partial charge is 0.253 e. The highest BCUT2D eigenvalue weighted by atomic mass is 35.5. The predicted molar refractivity (Wildman–Crippen MR) is 142 cm³/mol. The Morgan fingerprint density at radius 2 is 1.68 bits per heavy atom. The number of carbonyl (C=O) groups is 1. The van der Waals surface area contributed by atoms with Crippen LogP contribution in [0.25, 0.3) is 5.69 Å². The highest BCUT2D eigenvalue weighted by molar-refractivity contribution is 6.32. The Kier molecular flexibility index (Phi) is 6.49. The normalized spacial score (nSPS) is 13.2. The van der Waals surface area contributed by atoms with Crippen molar-refractivity contribution in [2.45, 2.75) is 13.0 Å². The number of nitrogens with zero attached hydrogens (tertiary/aromatic N) is 5. The van der Waals surface area contributed by atoms with Crippen LogP contribution in [0, 0.1) is 6.92 Å². The Hall–Kier alpha value is -4.08. The summed E-state index contributed by atoms with van der Waals surface area (Å²) in [5.74, 6) is 0.890. The molecule has 0 bridgehead atoms. The number of ether oxygens (including phenoxy) is 2. The third-order valence-corrected chi connectivity index (χ3v) is 6.60. The number of rotatable bonds is 6. The summed E-state index contributed by atoms with van der Waals surface area (Å²) < 4.78 is 12.8. The topological polar surface area (TPSA) is 108 Å². The third-order valence-electron chi connectivity index (χ3n) is 6.05. The molecule has 0 saturated heterocycles. The van der Waals surface area contributed by atoms with Crippen LogP contribution in [-0.2, 0) is 4.79 Å². The Bertz CT molecular complexity index is 1530. The monoisotopic (exact) mass is 536 g/mol. The lowest BCUT2D eigenvalue weighted by atomic mass is 10.0. The first-order valence-electron chi connectivity index (χ1n) is 11.2. The summed E-state index contributed by atoms with van der Waals surface area (Å²) in [5, 5.41) is 16.0. The molecule has 0 aliphatic carbocycles. The second-order valence-corrected chi connectivity index (χ2v) is 9.08. The lowest BCUT2D eigenvalue weighted by Crippen LogP contribution is -2.36. The summed E-state index contributed by atoms with van der Waals surface area (Å²) in [7, 11) is 2.96. The van der Waals surface area contributed by atoms with Crippen LogP contribution in [0.2, 0.25) is 10.0 Å². The molecule has 4 aromatic rings. The molecule has 5 rings (SSSR count). The van der Waals surface area contributed by atoms with E-state index >= 15 is 0 Å². The number of hydrogen-bond donors (Lipinski definition) is 1. The molecule has 1 aliphatic heterocycles. The molecule has 188 valence electrons. The molecule has 3 aromatic carbocycles. The van der Waals surface area contributed by atoms with Gasteiger partial charge in [0, 0.05) is 27.8 Å². The quantitative estimate of drug-likeness (QED) is 0.382. The molecule has 1 aromatic heterocycles. The van der Waals surface area contributed by atoms with Crippen molar-refractivity contribution in [3.8, 4) is 17.2 Å². The largest absolute Gasteiger partial charge is 0.496 e. The molecule has 1 unspecified atom stereocenters. The molecular formula is C26H22Cl2N6O3. The molecule has 1 atom stereocenters. The van der Waals surface area contributed by atoms with E-state index < -0.39 is 11.9 Å². The minimum Gasteiger partial charge on any atom is -0.496 e. The molecule has 0 spiro atoms. The molecule has 37 heavy (non-hydrogen) atoms. The van der Waals surface area contributed by atoms with Gasteiger partial charge in [-0.3, -0.25) is 9.36 Å². The maximum Gasteiger partial charge on any atom is 0.253 e. The van der Waals surface area contributed by atoms with Crippen LogP contribution in [0.1, 0.15) is 28.6 Å². The Balaban J connectivity index is 1.83. The van der Waals surface area contributed by atoms with Crippen molar-refractivity contribution >= 4 is 40.8 Å². The molecule has 2 heterocycles. The molecule has 2 N–H and O–H groups in total. The highest BCUT2D eigenvalue weighted by Gasteiger charge is 2.36. The number of aromatic nitrogens is 3. The number of halogens is 2. The number of methoxy groups -OCH3 is 2. The average Bonchev–Trinajstić information content (AvgIpc) is 3.21. The summed E-state index contributed by atoms with van der Waals surface area (Å²) in [6.45, 7) is 1.82. The van der Waals surface area contributed by atoms with Gasteiger partial charge in [0.05, 0.1) is 24.9 Å². The fraction of sp³-hybridized carbons (Fsp3) is 0.154. The van der Waals surface area contributed by atoms with Crippen molar-refractivity contribution in [2.75, 3.05) is 19.2 Å². The zero-order valence-corrected chi connectivity index (χ0v) is 21.7. The number of hydrogen-bond acceptors (Lipinski definition) is 7. The van der Waals surface area contributed by atoms with Gasteiger partial charge in [-0.1, -0.05) is 53.5 Å². The van der Waals surface area contributed by atoms with Crippen molar-refractivity contribution < 1.29 is 14.3 Å². The van der Waals surface area contributed by atoms with Gasteiger partial charge < -0.3 is 15.2 Å². The number of fused-ring (bicyclic) bond motifs is 3. The lowest BCUT2D eigenvalue weighted by Gasteiger charge is -2.27. The maximum absolute atomic E-state index is 13.1. The number of nitrogens with two attached hydrogens (primary N) is 1. The van der Waals surface area contributed by atoms with Crippen LogP contribution in [0.3, 0.4) is 0 Å². The van der Waals surface area contributed by atoms with Crippen LogP contribution >= 0.6 is 23.2 Å². The van der Waals surface area contributed by atoms with E-state index in [-0.39, 0.29) is 0 Å². The van der Waals surface area contributed by atoms with E-state index in [9.17, 15) is 4.79 Å². The van der Waals surface area contributed by atoms with Crippen LogP contribution in [0.15, 0.2) is 65.8 Å². The van der Waals surface area contributed by atoms with Crippen molar-refractivity contribution in [2.24, 2.45) is 10.8 Å². The number of para-hydroxylation sites is 1. The first-order chi connectivity index (χ1) is 17.8. The number of primary amides is 1. The molecule has 0 fully saturated rings. The molecule has 0 saturated carbocycles. The maximum atomic E-state index is 13.1. The van der Waals surface area contributed by atoms with Gasteiger partial charge in [-0.05, 0) is 31.2 Å². The summed E-state index contributed by atoms with van der Waals surface area (Å²) in [6, 6.07) is 17.0. The number of amides is 1. The van der Waals surface area contributed by atoms with E-state index in [2.05, 4.69) is 10.2 Å². The van der Waals surface area contributed by atoms with Crippen molar-refractivity contribution in [3.63, 3.8) is 0 Å². The minimum atomic E-state index is -1.15. The Labute approximate surface area is 223 Å². The van der Waals surface area contributed by atoms with Crippen LogP contribution in [-0.4, -0.2) is 40.6 Å². The minimum absolute atomic E-state index is 0.300. The first-order valence-corrected chi connectivity index (χ1v) is 12.0. The number of anilines is 1. The molecule has 1 amide bonds. The zero-order chi connectivity index (χ0) is 26.3. The summed E-state index contributed by atoms with van der Waals surface area (Å²) in [4.78, 5) is 13.1. The van der Waals surface area contributed by atoms with Gasteiger partial charge in [-0.15, -0.1) is 10.2 Å².